The van der Waals surface area contributed by atoms with Gasteiger partial charge in [0, 0.05) is 42.2 Å². The smallest absolute Gasteiger partial charge is 0.156 e. The van der Waals surface area contributed by atoms with Gasteiger partial charge in [0.25, 0.3) is 0 Å². The lowest BCUT2D eigenvalue weighted by molar-refractivity contribution is 0.0302. The highest BCUT2D eigenvalue weighted by Crippen LogP contribution is 2.36. The molecule has 3 fully saturated rings. The molecule has 0 aliphatic carbocycles. The number of hydrogen-bond donors (Lipinski definition) is 1. The van der Waals surface area contributed by atoms with Crippen molar-refractivity contribution >= 4 is 16.9 Å². The fraction of sp³-hybridized carbons (Fsp3) is 0.483. The number of nitrogens with one attached hydrogen (secondary N) is 1. The summed E-state index contributed by atoms with van der Waals surface area (Å²) in [5.41, 5.74) is 6.60. The average molecular weight is 516 g/mol. The van der Waals surface area contributed by atoms with E-state index in [1.165, 1.54) is 0 Å². The maximum absolute atomic E-state index is 15.7. The number of halogens is 1. The Hall–Kier alpha value is -3.30. The number of morpholine rings is 1. The van der Waals surface area contributed by atoms with E-state index in [0.717, 1.165) is 86.1 Å². The molecular weight excluding hydrogens is 481 g/mol. The molecule has 3 saturated heterocycles. The van der Waals surface area contributed by atoms with E-state index in [9.17, 15) is 0 Å². The predicted octanol–water partition coefficient (Wildman–Crippen LogP) is 4.82. The average Bonchev–Trinajstić information content (AvgIpc) is 3.66. The molecule has 0 amide bonds. The lowest BCUT2D eigenvalue weighted by Gasteiger charge is -2.35. The Morgan fingerprint density at radius 1 is 1.05 bits per heavy atom. The van der Waals surface area contributed by atoms with E-state index in [0.29, 0.717) is 23.1 Å². The minimum atomic E-state index is -0.198. The van der Waals surface area contributed by atoms with Crippen LogP contribution in [-0.2, 0) is 11.2 Å². The highest BCUT2D eigenvalue weighted by molar-refractivity contribution is 5.91. The quantitative estimate of drug-likeness (QED) is 0.411. The largest absolute Gasteiger partial charge is 0.371 e. The van der Waals surface area contributed by atoms with Gasteiger partial charge < -0.3 is 19.5 Å². The van der Waals surface area contributed by atoms with Gasteiger partial charge in [-0.05, 0) is 69.9 Å². The number of hydrogen-bond acceptors (Lipinski definition) is 6. The molecule has 2 atom stereocenters. The van der Waals surface area contributed by atoms with Crippen molar-refractivity contribution in [3.8, 4) is 22.4 Å². The Balaban J connectivity index is 1.21. The number of ether oxygens (including phenoxy) is 1. The Labute approximate surface area is 221 Å². The topological polar surface area (TPSA) is 75.1 Å². The summed E-state index contributed by atoms with van der Waals surface area (Å²) in [4.78, 5) is 17.4. The van der Waals surface area contributed by atoms with Gasteiger partial charge in [-0.1, -0.05) is 6.92 Å². The number of H-pyrrole nitrogens is 1. The first-order chi connectivity index (χ1) is 18.6. The Morgan fingerprint density at radius 3 is 2.61 bits per heavy atom. The number of aromatic nitrogens is 5. The number of piperidine rings is 1. The summed E-state index contributed by atoms with van der Waals surface area (Å²) in [5.74, 6) is -0.198. The van der Waals surface area contributed by atoms with Crippen LogP contribution in [0, 0.1) is 5.82 Å². The molecule has 38 heavy (non-hydrogen) atoms. The summed E-state index contributed by atoms with van der Waals surface area (Å²) >= 11 is 0. The molecular formula is C29H34FN7O. The molecule has 9 heteroatoms. The second-order valence-electron chi connectivity index (χ2n) is 11.1. The number of likely N-dealkylation sites (tertiary alicyclic amines) is 1. The summed E-state index contributed by atoms with van der Waals surface area (Å²) in [5, 5.41) is 4.68. The highest BCUT2D eigenvalue weighted by atomic mass is 19.1. The normalized spacial score (nSPS) is 22.6. The number of fused-ring (bicyclic) bond motifs is 3. The zero-order valence-electron chi connectivity index (χ0n) is 22.0. The third-order valence-electron chi connectivity index (χ3n) is 8.53. The molecule has 1 aromatic carbocycles. The van der Waals surface area contributed by atoms with Crippen LogP contribution in [0.4, 0.5) is 10.1 Å². The zero-order chi connectivity index (χ0) is 25.8. The molecule has 0 saturated carbocycles. The van der Waals surface area contributed by atoms with E-state index >= 15 is 4.39 Å². The molecule has 6 heterocycles. The molecule has 198 valence electrons. The number of anilines is 1. The first-order valence-electron chi connectivity index (χ1n) is 13.9. The monoisotopic (exact) mass is 515 g/mol. The Morgan fingerprint density at radius 2 is 1.84 bits per heavy atom. The lowest BCUT2D eigenvalue weighted by atomic mass is 10.0. The van der Waals surface area contributed by atoms with Crippen LogP contribution in [0.2, 0.25) is 0 Å². The summed E-state index contributed by atoms with van der Waals surface area (Å²) in [6.45, 7) is 5.76. The van der Waals surface area contributed by atoms with Crippen molar-refractivity contribution in [1.82, 2.24) is 29.6 Å². The van der Waals surface area contributed by atoms with Crippen LogP contribution in [0.5, 0.6) is 0 Å². The van der Waals surface area contributed by atoms with Crippen molar-refractivity contribution in [3.63, 3.8) is 0 Å². The second-order valence-corrected chi connectivity index (χ2v) is 11.1. The van der Waals surface area contributed by atoms with Crippen molar-refractivity contribution < 1.29 is 9.13 Å². The van der Waals surface area contributed by atoms with Gasteiger partial charge in [-0.3, -0.25) is 4.68 Å². The van der Waals surface area contributed by atoms with Gasteiger partial charge in [0.15, 0.2) is 5.65 Å². The number of aryl methyl sites for hydroxylation is 1. The van der Waals surface area contributed by atoms with Crippen LogP contribution >= 0.6 is 0 Å². The van der Waals surface area contributed by atoms with Crippen molar-refractivity contribution in [1.29, 1.82) is 0 Å². The van der Waals surface area contributed by atoms with Gasteiger partial charge in [-0.25, -0.2) is 14.4 Å². The van der Waals surface area contributed by atoms with Crippen LogP contribution in [0.25, 0.3) is 33.5 Å². The fourth-order valence-corrected chi connectivity index (χ4v) is 6.41. The van der Waals surface area contributed by atoms with Gasteiger partial charge in [-0.2, -0.15) is 5.10 Å². The van der Waals surface area contributed by atoms with E-state index in [4.69, 9.17) is 9.72 Å². The van der Waals surface area contributed by atoms with E-state index in [1.54, 1.807) is 12.3 Å². The first-order valence-corrected chi connectivity index (χ1v) is 13.9. The molecule has 2 bridgehead atoms. The SMILES string of the molecule is CCc1cc(-c2cnc3[nH]cc(-c4cnn(C5CCN(C)CC5)c4)c3n2)cc(F)c1N1CC2CCC(C1)O2. The molecule has 0 radical (unpaired) electrons. The van der Waals surface area contributed by atoms with Crippen LogP contribution in [0.15, 0.2) is 36.9 Å². The molecule has 4 aromatic rings. The van der Waals surface area contributed by atoms with Gasteiger partial charge in [0.05, 0.1) is 42.0 Å². The van der Waals surface area contributed by atoms with Gasteiger partial charge in [0.2, 0.25) is 0 Å². The number of aromatic amines is 1. The third kappa shape index (κ3) is 4.18. The summed E-state index contributed by atoms with van der Waals surface area (Å²) in [7, 11) is 2.17. The molecule has 2 unspecified atom stereocenters. The summed E-state index contributed by atoms with van der Waals surface area (Å²) in [6, 6.07) is 4.12. The van der Waals surface area contributed by atoms with Crippen LogP contribution in [0.3, 0.4) is 0 Å². The molecule has 3 aliphatic heterocycles. The minimum Gasteiger partial charge on any atom is -0.371 e. The molecule has 8 nitrogen and oxygen atoms in total. The van der Waals surface area contributed by atoms with Gasteiger partial charge >= 0.3 is 0 Å². The van der Waals surface area contributed by atoms with Crippen molar-refractivity contribution in [3.05, 3.63) is 48.3 Å². The van der Waals surface area contributed by atoms with E-state index in [1.807, 2.05) is 12.4 Å². The fourth-order valence-electron chi connectivity index (χ4n) is 6.41. The van der Waals surface area contributed by atoms with Gasteiger partial charge in [-0.15, -0.1) is 0 Å². The molecule has 3 aromatic heterocycles. The molecule has 0 spiro atoms. The second kappa shape index (κ2) is 9.47. The van der Waals surface area contributed by atoms with E-state index in [-0.39, 0.29) is 18.0 Å². The number of nitrogens with zero attached hydrogens (tertiary/aromatic N) is 6. The van der Waals surface area contributed by atoms with Crippen molar-refractivity contribution in [2.24, 2.45) is 0 Å². The van der Waals surface area contributed by atoms with Crippen molar-refractivity contribution in [2.75, 3.05) is 38.1 Å². The minimum absolute atomic E-state index is 0.198. The molecule has 3 aliphatic rings. The lowest BCUT2D eigenvalue weighted by Crippen LogP contribution is -2.43. The van der Waals surface area contributed by atoms with Crippen molar-refractivity contribution in [2.45, 2.75) is 57.3 Å². The van der Waals surface area contributed by atoms with Crippen LogP contribution < -0.4 is 4.90 Å². The molecule has 1 N–H and O–H groups in total. The Kier molecular flexibility index (Phi) is 5.93. The van der Waals surface area contributed by atoms with E-state index < -0.39 is 0 Å². The Bertz CT molecular complexity index is 1460. The maximum atomic E-state index is 15.7. The van der Waals surface area contributed by atoms with E-state index in [2.05, 4.69) is 55.8 Å². The number of rotatable bonds is 5. The predicted molar refractivity (Wildman–Crippen MR) is 146 cm³/mol. The highest BCUT2D eigenvalue weighted by Gasteiger charge is 2.35. The standard InChI is InChI=1S/C29H34FN7O/c1-3-18-10-19(11-25(30)28(18)36-16-22-4-5-23(17-36)38-22)26-14-32-29-27(34-26)24(13-31-29)20-12-33-37(15-20)21-6-8-35(2)9-7-21/h10-15,21-23H,3-9,16-17H2,1-2H3,(H,31,32). The number of benzene rings is 1. The van der Waals surface area contributed by atoms with Gasteiger partial charge in [0.1, 0.15) is 11.3 Å². The summed E-state index contributed by atoms with van der Waals surface area (Å²) < 4.78 is 23.8. The third-order valence-corrected chi connectivity index (χ3v) is 8.53. The van der Waals surface area contributed by atoms with Crippen LogP contribution in [0.1, 0.15) is 44.2 Å². The summed E-state index contributed by atoms with van der Waals surface area (Å²) in [6.07, 6.45) is 13.2. The first kappa shape index (κ1) is 23.8. The van der Waals surface area contributed by atoms with Crippen LogP contribution in [-0.4, -0.2) is 75.1 Å². The maximum Gasteiger partial charge on any atom is 0.156 e. The molecule has 7 rings (SSSR count). The zero-order valence-corrected chi connectivity index (χ0v) is 22.0.